The van der Waals surface area contributed by atoms with E-state index < -0.39 is 5.82 Å². The number of rotatable bonds is 3. The summed E-state index contributed by atoms with van der Waals surface area (Å²) in [6.45, 7) is 0.316. The maximum Gasteiger partial charge on any atom is 0.147 e. The second kappa shape index (κ2) is 5.67. The van der Waals surface area contributed by atoms with Crippen LogP contribution in [0.25, 0.3) is 0 Å². The lowest BCUT2D eigenvalue weighted by molar-refractivity contribution is 0.624. The third kappa shape index (κ3) is 3.21. The molecule has 94 valence electrons. The van der Waals surface area contributed by atoms with Gasteiger partial charge in [0.1, 0.15) is 11.6 Å². The molecule has 0 aliphatic heterocycles. The molecule has 1 N–H and O–H groups in total. The summed E-state index contributed by atoms with van der Waals surface area (Å²) in [5, 5.41) is 3.23. The first kappa shape index (κ1) is 13.3. The van der Waals surface area contributed by atoms with E-state index in [1.807, 2.05) is 0 Å². The third-order valence-electron chi connectivity index (χ3n) is 2.41. The Balaban J connectivity index is 2.13. The van der Waals surface area contributed by atoms with Crippen LogP contribution in [0.4, 0.5) is 14.5 Å². The summed E-state index contributed by atoms with van der Waals surface area (Å²) < 4.78 is 27.3. The molecular formula is C13H9BrClF2N. The first-order valence-corrected chi connectivity index (χ1v) is 6.36. The predicted molar refractivity (Wildman–Crippen MR) is 72.8 cm³/mol. The van der Waals surface area contributed by atoms with Crippen molar-refractivity contribution < 1.29 is 8.78 Å². The van der Waals surface area contributed by atoms with Gasteiger partial charge in [-0.25, -0.2) is 8.78 Å². The van der Waals surface area contributed by atoms with Crippen molar-refractivity contribution in [2.24, 2.45) is 0 Å². The predicted octanol–water partition coefficient (Wildman–Crippen LogP) is 4.99. The molecule has 0 saturated heterocycles. The molecule has 0 aliphatic rings. The van der Waals surface area contributed by atoms with E-state index in [9.17, 15) is 8.78 Å². The van der Waals surface area contributed by atoms with E-state index in [4.69, 9.17) is 11.6 Å². The van der Waals surface area contributed by atoms with Gasteiger partial charge in [0.25, 0.3) is 0 Å². The highest BCUT2D eigenvalue weighted by Crippen LogP contribution is 2.22. The molecule has 0 atom stereocenters. The van der Waals surface area contributed by atoms with Crippen LogP contribution in [0, 0.1) is 11.6 Å². The Morgan fingerprint density at radius 3 is 2.61 bits per heavy atom. The molecule has 2 rings (SSSR count). The van der Waals surface area contributed by atoms with Crippen LogP contribution in [-0.4, -0.2) is 0 Å². The second-order valence-electron chi connectivity index (χ2n) is 3.71. The maximum atomic E-state index is 13.5. The first-order chi connectivity index (χ1) is 8.56. The minimum atomic E-state index is -0.435. The van der Waals surface area contributed by atoms with Crippen LogP contribution < -0.4 is 5.32 Å². The quantitative estimate of drug-likeness (QED) is 0.834. The van der Waals surface area contributed by atoms with Gasteiger partial charge in [0.05, 0.1) is 5.69 Å². The van der Waals surface area contributed by atoms with Crippen LogP contribution in [0.1, 0.15) is 5.56 Å². The number of nitrogens with one attached hydrogen (secondary N) is 1. The summed E-state index contributed by atoms with van der Waals surface area (Å²) in [5.41, 5.74) is 1.04. The van der Waals surface area contributed by atoms with Crippen molar-refractivity contribution in [1.82, 2.24) is 0 Å². The van der Waals surface area contributed by atoms with Gasteiger partial charge in [-0.2, -0.15) is 0 Å². The lowest BCUT2D eigenvalue weighted by Gasteiger charge is -2.09. The van der Waals surface area contributed by atoms with Gasteiger partial charge in [-0.1, -0.05) is 27.5 Å². The minimum Gasteiger partial charge on any atom is -0.379 e. The SMILES string of the molecule is Fc1ccc(Br)c(CNc2ccc(Cl)cc2F)c1. The largest absolute Gasteiger partial charge is 0.379 e. The molecule has 2 aromatic carbocycles. The summed E-state index contributed by atoms with van der Waals surface area (Å²) in [6.07, 6.45) is 0. The van der Waals surface area contributed by atoms with Gasteiger partial charge in [-0.15, -0.1) is 0 Å². The number of halogens is 4. The molecule has 0 spiro atoms. The fourth-order valence-corrected chi connectivity index (χ4v) is 2.05. The fraction of sp³-hybridized carbons (Fsp3) is 0.0769. The van der Waals surface area contributed by atoms with Gasteiger partial charge in [0.2, 0.25) is 0 Å². The van der Waals surface area contributed by atoms with Gasteiger partial charge in [-0.3, -0.25) is 0 Å². The van der Waals surface area contributed by atoms with Crippen LogP contribution in [0.3, 0.4) is 0 Å². The molecule has 0 heterocycles. The summed E-state index contributed by atoms with van der Waals surface area (Å²) in [5.74, 6) is -0.762. The summed E-state index contributed by atoms with van der Waals surface area (Å²) in [4.78, 5) is 0. The average molecular weight is 333 g/mol. The maximum absolute atomic E-state index is 13.5. The highest BCUT2D eigenvalue weighted by atomic mass is 79.9. The van der Waals surface area contributed by atoms with E-state index in [-0.39, 0.29) is 5.82 Å². The molecule has 0 amide bonds. The van der Waals surface area contributed by atoms with Crippen LogP contribution in [-0.2, 0) is 6.54 Å². The fourth-order valence-electron chi connectivity index (χ4n) is 1.50. The minimum absolute atomic E-state index is 0.316. The van der Waals surface area contributed by atoms with E-state index in [2.05, 4.69) is 21.2 Å². The number of benzene rings is 2. The summed E-state index contributed by atoms with van der Waals surface area (Å²) in [6, 6.07) is 8.73. The Morgan fingerprint density at radius 2 is 1.89 bits per heavy atom. The number of anilines is 1. The standard InChI is InChI=1S/C13H9BrClF2N/c14-11-3-2-10(16)5-8(11)7-18-13-4-1-9(15)6-12(13)17/h1-6,18H,7H2. The zero-order valence-corrected chi connectivity index (χ0v) is 11.5. The first-order valence-electron chi connectivity index (χ1n) is 5.19. The average Bonchev–Trinajstić information content (AvgIpc) is 2.32. The molecule has 0 aromatic heterocycles. The van der Waals surface area contributed by atoms with Crippen molar-refractivity contribution >= 4 is 33.2 Å². The second-order valence-corrected chi connectivity index (χ2v) is 5.00. The normalized spacial score (nSPS) is 10.4. The molecule has 0 saturated carbocycles. The number of hydrogen-bond donors (Lipinski definition) is 1. The van der Waals surface area contributed by atoms with E-state index >= 15 is 0 Å². The molecule has 18 heavy (non-hydrogen) atoms. The molecule has 0 aliphatic carbocycles. The Morgan fingerprint density at radius 1 is 1.11 bits per heavy atom. The van der Waals surface area contributed by atoms with Gasteiger partial charge in [-0.05, 0) is 42.0 Å². The lowest BCUT2D eigenvalue weighted by atomic mass is 10.2. The lowest BCUT2D eigenvalue weighted by Crippen LogP contribution is -2.02. The van der Waals surface area contributed by atoms with Gasteiger partial charge < -0.3 is 5.32 Å². The van der Waals surface area contributed by atoms with E-state index in [0.717, 1.165) is 4.47 Å². The monoisotopic (exact) mass is 331 g/mol. The molecule has 0 bridgehead atoms. The Hall–Kier alpha value is -1.13. The highest BCUT2D eigenvalue weighted by molar-refractivity contribution is 9.10. The van der Waals surface area contributed by atoms with Crippen molar-refractivity contribution in [2.45, 2.75) is 6.54 Å². The van der Waals surface area contributed by atoms with Gasteiger partial charge >= 0.3 is 0 Å². The molecular weight excluding hydrogens is 324 g/mol. The van der Waals surface area contributed by atoms with Crippen LogP contribution >= 0.6 is 27.5 Å². The van der Waals surface area contributed by atoms with E-state index in [0.29, 0.717) is 22.8 Å². The van der Waals surface area contributed by atoms with Crippen molar-refractivity contribution in [3.63, 3.8) is 0 Å². The van der Waals surface area contributed by atoms with E-state index in [1.54, 1.807) is 18.2 Å². The molecule has 5 heteroatoms. The van der Waals surface area contributed by atoms with Gasteiger partial charge in [0.15, 0.2) is 0 Å². The summed E-state index contributed by atoms with van der Waals surface area (Å²) >= 11 is 8.97. The Labute approximate surface area is 117 Å². The topological polar surface area (TPSA) is 12.0 Å². The molecule has 2 aromatic rings. The van der Waals surface area contributed by atoms with Crippen molar-refractivity contribution in [1.29, 1.82) is 0 Å². The van der Waals surface area contributed by atoms with Crippen LogP contribution in [0.15, 0.2) is 40.9 Å². The highest BCUT2D eigenvalue weighted by Gasteiger charge is 2.05. The van der Waals surface area contributed by atoms with Crippen molar-refractivity contribution in [3.8, 4) is 0 Å². The van der Waals surface area contributed by atoms with Crippen LogP contribution in [0.2, 0.25) is 5.02 Å². The van der Waals surface area contributed by atoms with E-state index in [1.165, 1.54) is 18.2 Å². The molecule has 0 radical (unpaired) electrons. The molecule has 0 fully saturated rings. The zero-order chi connectivity index (χ0) is 13.1. The Kier molecular flexibility index (Phi) is 4.19. The third-order valence-corrected chi connectivity index (χ3v) is 3.42. The smallest absolute Gasteiger partial charge is 0.147 e. The van der Waals surface area contributed by atoms with Gasteiger partial charge in [0, 0.05) is 16.0 Å². The van der Waals surface area contributed by atoms with Crippen molar-refractivity contribution in [2.75, 3.05) is 5.32 Å². The molecule has 1 nitrogen and oxygen atoms in total. The zero-order valence-electron chi connectivity index (χ0n) is 9.18. The number of hydrogen-bond acceptors (Lipinski definition) is 1. The Bertz CT molecular complexity index is 575. The molecule has 0 unspecified atom stereocenters. The van der Waals surface area contributed by atoms with Crippen LogP contribution in [0.5, 0.6) is 0 Å². The van der Waals surface area contributed by atoms with Crippen molar-refractivity contribution in [3.05, 3.63) is 63.1 Å². The summed E-state index contributed by atoms with van der Waals surface area (Å²) in [7, 11) is 0.